The fourth-order valence-corrected chi connectivity index (χ4v) is 2.71. The van der Waals surface area contributed by atoms with Gasteiger partial charge in [0.2, 0.25) is 0 Å². The Labute approximate surface area is 122 Å². The lowest BCUT2D eigenvalue weighted by Crippen LogP contribution is -2.40. The van der Waals surface area contributed by atoms with E-state index in [9.17, 15) is 15.0 Å². The number of carbonyl (C=O) groups excluding carboxylic acids is 1. The maximum absolute atomic E-state index is 12.3. The maximum Gasteiger partial charge on any atom is 0.251 e. The Morgan fingerprint density at radius 1 is 1.14 bits per heavy atom. The van der Waals surface area contributed by atoms with Gasteiger partial charge in [0.1, 0.15) is 0 Å². The standard InChI is InChI=1S/C16H18N2O3/c19-13-9-14(15(20)10-13)17-16(21)11-4-3-5-12(8-11)18-6-1-2-7-18/h1-8,13-15,19-20H,9-10H2,(H,17,21)/t13-,14+,15+/m0/s1. The molecule has 5 heteroatoms. The summed E-state index contributed by atoms with van der Waals surface area (Å²) in [5.74, 6) is -0.234. The van der Waals surface area contributed by atoms with Gasteiger partial charge in [-0.1, -0.05) is 6.07 Å². The van der Waals surface area contributed by atoms with Crippen molar-refractivity contribution in [2.75, 3.05) is 0 Å². The second-order valence-corrected chi connectivity index (χ2v) is 5.41. The molecule has 1 fully saturated rings. The number of rotatable bonds is 3. The molecule has 0 aliphatic heterocycles. The van der Waals surface area contributed by atoms with E-state index in [2.05, 4.69) is 5.32 Å². The second-order valence-electron chi connectivity index (χ2n) is 5.41. The molecule has 1 aliphatic rings. The number of aliphatic hydroxyl groups excluding tert-OH is 2. The van der Waals surface area contributed by atoms with Crippen molar-refractivity contribution in [2.24, 2.45) is 0 Å². The smallest absolute Gasteiger partial charge is 0.251 e. The molecule has 0 bridgehead atoms. The van der Waals surface area contributed by atoms with Gasteiger partial charge in [-0.15, -0.1) is 0 Å². The largest absolute Gasteiger partial charge is 0.393 e. The van der Waals surface area contributed by atoms with Crippen LogP contribution in [0.25, 0.3) is 5.69 Å². The number of benzene rings is 1. The molecule has 3 atom stereocenters. The number of amides is 1. The Bertz CT molecular complexity index is 624. The molecule has 1 amide bonds. The summed E-state index contributed by atoms with van der Waals surface area (Å²) >= 11 is 0. The van der Waals surface area contributed by atoms with Crippen LogP contribution in [0.2, 0.25) is 0 Å². The average molecular weight is 286 g/mol. The quantitative estimate of drug-likeness (QED) is 0.790. The minimum atomic E-state index is -0.684. The predicted octanol–water partition coefficient (Wildman–Crippen LogP) is 1.09. The monoisotopic (exact) mass is 286 g/mol. The summed E-state index contributed by atoms with van der Waals surface area (Å²) in [7, 11) is 0. The number of aliphatic hydroxyl groups is 2. The molecule has 2 aromatic rings. The second kappa shape index (κ2) is 5.71. The van der Waals surface area contributed by atoms with Crippen LogP contribution in [0.1, 0.15) is 23.2 Å². The number of nitrogens with one attached hydrogen (secondary N) is 1. The molecule has 0 unspecified atom stereocenters. The van der Waals surface area contributed by atoms with Crippen LogP contribution in [-0.2, 0) is 0 Å². The lowest BCUT2D eigenvalue weighted by molar-refractivity contribution is 0.0870. The van der Waals surface area contributed by atoms with Crippen molar-refractivity contribution < 1.29 is 15.0 Å². The van der Waals surface area contributed by atoms with Crippen molar-refractivity contribution >= 4 is 5.91 Å². The number of carbonyl (C=O) groups is 1. The Morgan fingerprint density at radius 2 is 1.90 bits per heavy atom. The first kappa shape index (κ1) is 13.9. The minimum Gasteiger partial charge on any atom is -0.393 e. The number of aromatic nitrogens is 1. The molecule has 3 N–H and O–H groups in total. The van der Waals surface area contributed by atoms with Gasteiger partial charge in [0, 0.05) is 30.1 Å². The lowest BCUT2D eigenvalue weighted by atomic mass is 10.1. The van der Waals surface area contributed by atoms with Crippen LogP contribution in [0, 0.1) is 0 Å². The molecule has 0 saturated heterocycles. The summed E-state index contributed by atoms with van der Waals surface area (Å²) in [5.41, 5.74) is 1.44. The summed E-state index contributed by atoms with van der Waals surface area (Å²) < 4.78 is 1.92. The third kappa shape index (κ3) is 2.99. The summed E-state index contributed by atoms with van der Waals surface area (Å²) in [6, 6.07) is 10.7. The van der Waals surface area contributed by atoms with Crippen molar-refractivity contribution in [3.63, 3.8) is 0 Å². The summed E-state index contributed by atoms with van der Waals surface area (Å²) in [4.78, 5) is 12.3. The minimum absolute atomic E-state index is 0.234. The molecule has 0 spiro atoms. The first-order valence-corrected chi connectivity index (χ1v) is 7.04. The highest BCUT2D eigenvalue weighted by Gasteiger charge is 2.32. The van der Waals surface area contributed by atoms with E-state index in [1.807, 2.05) is 41.2 Å². The molecule has 1 saturated carbocycles. The van der Waals surface area contributed by atoms with E-state index in [0.717, 1.165) is 5.69 Å². The molecule has 0 radical (unpaired) electrons. The van der Waals surface area contributed by atoms with E-state index in [1.54, 1.807) is 12.1 Å². The van der Waals surface area contributed by atoms with Gasteiger partial charge in [-0.2, -0.15) is 0 Å². The molecule has 1 aromatic carbocycles. The Balaban J connectivity index is 1.75. The Morgan fingerprint density at radius 3 is 2.57 bits per heavy atom. The van der Waals surface area contributed by atoms with E-state index in [-0.39, 0.29) is 11.9 Å². The van der Waals surface area contributed by atoms with Gasteiger partial charge in [0.25, 0.3) is 5.91 Å². The molecule has 1 aromatic heterocycles. The van der Waals surface area contributed by atoms with E-state index < -0.39 is 12.2 Å². The summed E-state index contributed by atoms with van der Waals surface area (Å²) in [6.45, 7) is 0. The predicted molar refractivity (Wildman–Crippen MR) is 78.3 cm³/mol. The van der Waals surface area contributed by atoms with Gasteiger partial charge in [-0.3, -0.25) is 4.79 Å². The summed E-state index contributed by atoms with van der Waals surface area (Å²) in [6.07, 6.45) is 3.30. The van der Waals surface area contributed by atoms with Crippen LogP contribution < -0.4 is 5.32 Å². The van der Waals surface area contributed by atoms with Crippen LogP contribution in [0.3, 0.4) is 0 Å². The molecule has 21 heavy (non-hydrogen) atoms. The topological polar surface area (TPSA) is 74.5 Å². The van der Waals surface area contributed by atoms with Crippen molar-refractivity contribution in [1.29, 1.82) is 0 Å². The molecule has 1 heterocycles. The molecular weight excluding hydrogens is 268 g/mol. The maximum atomic E-state index is 12.3. The van der Waals surface area contributed by atoms with Crippen LogP contribution in [0.5, 0.6) is 0 Å². The fourth-order valence-electron chi connectivity index (χ4n) is 2.71. The molecule has 110 valence electrons. The van der Waals surface area contributed by atoms with Crippen LogP contribution in [0.4, 0.5) is 0 Å². The van der Waals surface area contributed by atoms with Crippen LogP contribution in [0.15, 0.2) is 48.8 Å². The molecular formula is C16H18N2O3. The third-order valence-corrected chi connectivity index (χ3v) is 3.83. The van der Waals surface area contributed by atoms with Gasteiger partial charge < -0.3 is 20.1 Å². The first-order valence-electron chi connectivity index (χ1n) is 7.04. The van der Waals surface area contributed by atoms with Crippen LogP contribution >= 0.6 is 0 Å². The number of hydrogen-bond donors (Lipinski definition) is 3. The first-order chi connectivity index (χ1) is 10.1. The Kier molecular flexibility index (Phi) is 3.77. The van der Waals surface area contributed by atoms with Crippen molar-refractivity contribution in [3.05, 3.63) is 54.4 Å². The van der Waals surface area contributed by atoms with Gasteiger partial charge in [-0.05, 0) is 36.8 Å². The van der Waals surface area contributed by atoms with Gasteiger partial charge in [-0.25, -0.2) is 0 Å². The van der Waals surface area contributed by atoms with Crippen molar-refractivity contribution in [1.82, 2.24) is 9.88 Å². The highest BCUT2D eigenvalue weighted by molar-refractivity contribution is 5.95. The van der Waals surface area contributed by atoms with Crippen molar-refractivity contribution in [3.8, 4) is 5.69 Å². The normalized spacial score (nSPS) is 25.0. The van der Waals surface area contributed by atoms with E-state index in [0.29, 0.717) is 18.4 Å². The van der Waals surface area contributed by atoms with E-state index in [1.165, 1.54) is 0 Å². The third-order valence-electron chi connectivity index (χ3n) is 3.83. The molecule has 3 rings (SSSR count). The Hall–Kier alpha value is -2.11. The highest BCUT2D eigenvalue weighted by Crippen LogP contribution is 2.20. The van der Waals surface area contributed by atoms with E-state index in [4.69, 9.17) is 0 Å². The zero-order valence-electron chi connectivity index (χ0n) is 11.5. The highest BCUT2D eigenvalue weighted by atomic mass is 16.3. The molecule has 5 nitrogen and oxygen atoms in total. The van der Waals surface area contributed by atoms with E-state index >= 15 is 0 Å². The SMILES string of the molecule is O=C(N[C@@H]1C[C@H](O)C[C@H]1O)c1cccc(-n2cccc2)c1. The zero-order chi connectivity index (χ0) is 14.8. The lowest BCUT2D eigenvalue weighted by Gasteiger charge is -2.16. The van der Waals surface area contributed by atoms with Gasteiger partial charge in [0.05, 0.1) is 18.2 Å². The van der Waals surface area contributed by atoms with Crippen molar-refractivity contribution in [2.45, 2.75) is 31.1 Å². The number of hydrogen-bond acceptors (Lipinski definition) is 3. The zero-order valence-corrected chi connectivity index (χ0v) is 11.5. The van der Waals surface area contributed by atoms with Gasteiger partial charge >= 0.3 is 0 Å². The fraction of sp³-hybridized carbons (Fsp3) is 0.312. The average Bonchev–Trinajstić information content (AvgIpc) is 3.09. The number of nitrogens with zero attached hydrogens (tertiary/aromatic N) is 1. The summed E-state index contributed by atoms with van der Waals surface area (Å²) in [5, 5.41) is 22.1. The van der Waals surface area contributed by atoms with Crippen LogP contribution in [-0.4, -0.2) is 38.9 Å². The molecule has 1 aliphatic carbocycles. The van der Waals surface area contributed by atoms with Gasteiger partial charge in [0.15, 0.2) is 0 Å².